The van der Waals surface area contributed by atoms with Crippen LogP contribution in [0, 0.1) is 0 Å². The number of hydrogen-bond acceptors (Lipinski definition) is 2. The van der Waals surface area contributed by atoms with Gasteiger partial charge in [-0.05, 0) is 19.9 Å². The topological polar surface area (TPSA) is 38.3 Å². The smallest absolute Gasteiger partial charge is 0.266 e. The summed E-state index contributed by atoms with van der Waals surface area (Å²) < 4.78 is 17.1. The first-order chi connectivity index (χ1) is 6.05. The Kier molecular flexibility index (Phi) is 6.66. The summed E-state index contributed by atoms with van der Waals surface area (Å²) in [7, 11) is -0.863. The van der Waals surface area contributed by atoms with Crippen LogP contribution in [0.4, 0.5) is 0 Å². The fourth-order valence-corrected chi connectivity index (χ4v) is 2.12. The first-order valence-corrected chi connectivity index (χ1v) is 7.07. The maximum absolute atomic E-state index is 11.6. The van der Waals surface area contributed by atoms with Crippen LogP contribution in [0.2, 0.25) is 0 Å². The predicted molar refractivity (Wildman–Crippen MR) is 57.3 cm³/mol. The Bertz CT molecular complexity index is 167. The molecule has 0 saturated carbocycles. The van der Waals surface area contributed by atoms with E-state index in [1.54, 1.807) is 13.7 Å². The van der Waals surface area contributed by atoms with Gasteiger partial charge in [0.1, 0.15) is 0 Å². The average Bonchev–Trinajstić information content (AvgIpc) is 2.05. The Hall–Kier alpha value is 0.150. The van der Waals surface area contributed by atoms with Crippen LogP contribution in [0.3, 0.4) is 0 Å². The summed E-state index contributed by atoms with van der Waals surface area (Å²) in [4.78, 5) is 0. The number of rotatable bonds is 7. The van der Waals surface area contributed by atoms with Crippen molar-refractivity contribution in [2.75, 3.05) is 13.7 Å². The molecule has 0 aliphatic carbocycles. The van der Waals surface area contributed by atoms with Crippen LogP contribution in [0.15, 0.2) is 0 Å². The first-order valence-electron chi connectivity index (χ1n) is 5.00. The van der Waals surface area contributed by atoms with Crippen molar-refractivity contribution in [3.05, 3.63) is 0 Å². The highest BCUT2D eigenvalue weighted by molar-refractivity contribution is 7.56. The van der Waals surface area contributed by atoms with E-state index in [2.05, 4.69) is 18.9 Å². The van der Waals surface area contributed by atoms with Crippen LogP contribution in [0.25, 0.3) is 0 Å². The van der Waals surface area contributed by atoms with Gasteiger partial charge in [0.15, 0.2) is 0 Å². The van der Waals surface area contributed by atoms with Gasteiger partial charge in [-0.15, -0.1) is 0 Å². The van der Waals surface area contributed by atoms with Gasteiger partial charge in [0.25, 0.3) is 7.52 Å². The largest absolute Gasteiger partial charge is 0.314 e. The third kappa shape index (κ3) is 6.25. The Balaban J connectivity index is 4.00. The number of nitrogens with one attached hydrogen (secondary N) is 1. The van der Waals surface area contributed by atoms with E-state index in [4.69, 9.17) is 4.52 Å². The first kappa shape index (κ1) is 13.2. The highest BCUT2D eigenvalue weighted by Gasteiger charge is 2.18. The normalized spacial score (nSPS) is 16.1. The minimum atomic E-state index is -2.54. The van der Waals surface area contributed by atoms with E-state index in [1.165, 1.54) is 0 Å². The molecule has 0 aliphatic rings. The standard InChI is InChI=1S/C9H22NO2P/c1-5-7-9(8-6-2)12-13(4,11)10-3/h9H,5-8H2,1-4H3,(H,10,11). The fourth-order valence-electron chi connectivity index (χ4n) is 1.23. The molecular formula is C9H22NO2P. The van der Waals surface area contributed by atoms with E-state index in [9.17, 15) is 4.57 Å². The van der Waals surface area contributed by atoms with E-state index < -0.39 is 7.52 Å². The van der Waals surface area contributed by atoms with Crippen molar-refractivity contribution in [2.24, 2.45) is 0 Å². The number of hydrogen-bond donors (Lipinski definition) is 1. The fraction of sp³-hybridized carbons (Fsp3) is 1.00. The zero-order valence-corrected chi connectivity index (χ0v) is 10.1. The van der Waals surface area contributed by atoms with Crippen LogP contribution in [0.5, 0.6) is 0 Å². The molecule has 3 nitrogen and oxygen atoms in total. The molecule has 0 amide bonds. The molecule has 0 aromatic rings. The summed E-state index contributed by atoms with van der Waals surface area (Å²) in [6.45, 7) is 5.86. The molecular weight excluding hydrogens is 185 g/mol. The molecule has 0 rings (SSSR count). The molecule has 0 aliphatic heterocycles. The quantitative estimate of drug-likeness (QED) is 0.652. The zero-order valence-electron chi connectivity index (χ0n) is 9.17. The van der Waals surface area contributed by atoms with Crippen molar-refractivity contribution in [3.8, 4) is 0 Å². The second-order valence-corrected chi connectivity index (χ2v) is 5.72. The van der Waals surface area contributed by atoms with Gasteiger partial charge >= 0.3 is 0 Å². The van der Waals surface area contributed by atoms with E-state index in [1.807, 2.05) is 0 Å². The van der Waals surface area contributed by atoms with Gasteiger partial charge in [0, 0.05) is 6.66 Å². The van der Waals surface area contributed by atoms with Gasteiger partial charge < -0.3 is 4.52 Å². The Morgan fingerprint density at radius 3 is 2.08 bits per heavy atom. The Morgan fingerprint density at radius 2 is 1.77 bits per heavy atom. The van der Waals surface area contributed by atoms with Crippen molar-refractivity contribution in [1.82, 2.24) is 5.09 Å². The molecule has 0 aromatic heterocycles. The Morgan fingerprint density at radius 1 is 1.31 bits per heavy atom. The molecule has 80 valence electrons. The van der Waals surface area contributed by atoms with Crippen LogP contribution >= 0.6 is 7.52 Å². The summed E-state index contributed by atoms with van der Waals surface area (Å²) in [5.41, 5.74) is 0. The monoisotopic (exact) mass is 207 g/mol. The van der Waals surface area contributed by atoms with Gasteiger partial charge in [0.2, 0.25) is 0 Å². The SMILES string of the molecule is CCCC(CCC)OP(C)(=O)NC. The summed E-state index contributed by atoms with van der Waals surface area (Å²) >= 11 is 0. The lowest BCUT2D eigenvalue weighted by molar-refractivity contribution is 0.180. The maximum atomic E-state index is 11.6. The molecule has 13 heavy (non-hydrogen) atoms. The van der Waals surface area contributed by atoms with Crippen LogP contribution < -0.4 is 5.09 Å². The van der Waals surface area contributed by atoms with E-state index >= 15 is 0 Å². The van der Waals surface area contributed by atoms with Crippen molar-refractivity contribution >= 4 is 7.52 Å². The molecule has 0 radical (unpaired) electrons. The summed E-state index contributed by atoms with van der Waals surface area (Å²) in [5.74, 6) is 0. The minimum Gasteiger partial charge on any atom is -0.314 e. The average molecular weight is 207 g/mol. The molecule has 0 bridgehead atoms. The van der Waals surface area contributed by atoms with Crippen LogP contribution in [-0.4, -0.2) is 19.8 Å². The Labute approximate surface area is 81.8 Å². The second-order valence-electron chi connectivity index (χ2n) is 3.37. The minimum absolute atomic E-state index is 0.151. The van der Waals surface area contributed by atoms with Crippen molar-refractivity contribution in [3.63, 3.8) is 0 Å². The van der Waals surface area contributed by atoms with Gasteiger partial charge in [-0.2, -0.15) is 0 Å². The van der Waals surface area contributed by atoms with Crippen molar-refractivity contribution < 1.29 is 9.09 Å². The second kappa shape index (κ2) is 6.58. The highest BCUT2D eigenvalue weighted by Crippen LogP contribution is 2.39. The molecule has 0 spiro atoms. The lowest BCUT2D eigenvalue weighted by atomic mass is 10.1. The summed E-state index contributed by atoms with van der Waals surface area (Å²) in [5, 5.41) is 2.72. The molecule has 0 fully saturated rings. The molecule has 1 atom stereocenters. The van der Waals surface area contributed by atoms with Gasteiger partial charge in [-0.25, -0.2) is 5.09 Å². The van der Waals surface area contributed by atoms with E-state index in [-0.39, 0.29) is 6.10 Å². The predicted octanol–water partition coefficient (Wildman–Crippen LogP) is 3.01. The molecule has 4 heteroatoms. The molecule has 1 N–H and O–H groups in total. The van der Waals surface area contributed by atoms with Crippen molar-refractivity contribution in [2.45, 2.75) is 45.6 Å². The molecule has 1 unspecified atom stereocenters. The summed E-state index contributed by atoms with van der Waals surface area (Å²) in [6, 6.07) is 0. The van der Waals surface area contributed by atoms with Crippen molar-refractivity contribution in [1.29, 1.82) is 0 Å². The summed E-state index contributed by atoms with van der Waals surface area (Å²) in [6.07, 6.45) is 4.29. The third-order valence-corrected chi connectivity index (χ3v) is 3.49. The van der Waals surface area contributed by atoms with Crippen LogP contribution in [-0.2, 0) is 9.09 Å². The highest BCUT2D eigenvalue weighted by atomic mass is 31.2. The van der Waals surface area contributed by atoms with Gasteiger partial charge in [-0.3, -0.25) is 4.57 Å². The lowest BCUT2D eigenvalue weighted by Crippen LogP contribution is -2.15. The molecule has 0 saturated heterocycles. The van der Waals surface area contributed by atoms with E-state index in [0.29, 0.717) is 0 Å². The van der Waals surface area contributed by atoms with E-state index in [0.717, 1.165) is 25.7 Å². The lowest BCUT2D eigenvalue weighted by Gasteiger charge is -2.21. The maximum Gasteiger partial charge on any atom is 0.266 e. The van der Waals surface area contributed by atoms with Gasteiger partial charge in [0.05, 0.1) is 6.10 Å². The molecule has 0 heterocycles. The van der Waals surface area contributed by atoms with Crippen LogP contribution in [0.1, 0.15) is 39.5 Å². The zero-order chi connectivity index (χ0) is 10.3. The molecule has 0 aromatic carbocycles. The van der Waals surface area contributed by atoms with Gasteiger partial charge in [-0.1, -0.05) is 26.7 Å². The third-order valence-electron chi connectivity index (χ3n) is 1.98.